The molecule has 0 heteroatoms. The third-order valence-corrected chi connectivity index (χ3v) is 3.35. The maximum Gasteiger partial charge on any atom is 0.0350 e. The van der Waals surface area contributed by atoms with Crippen molar-refractivity contribution in [2.45, 2.75) is 44.4 Å². The van der Waals surface area contributed by atoms with Gasteiger partial charge in [-0.25, -0.2) is 0 Å². The molecule has 15 heavy (non-hydrogen) atoms. The van der Waals surface area contributed by atoms with Crippen LogP contribution in [0.25, 0.3) is 0 Å². The Morgan fingerprint density at radius 2 is 1.73 bits per heavy atom. The van der Waals surface area contributed by atoms with Gasteiger partial charge in [0.1, 0.15) is 0 Å². The third-order valence-electron chi connectivity index (χ3n) is 3.35. The van der Waals surface area contributed by atoms with E-state index in [1.54, 1.807) is 0 Å². The molecule has 1 fully saturated rings. The first-order valence-corrected chi connectivity index (χ1v) is 5.88. The second-order valence-electron chi connectivity index (χ2n) is 4.43. The Morgan fingerprint density at radius 1 is 1.07 bits per heavy atom. The van der Waals surface area contributed by atoms with E-state index in [4.69, 9.17) is 6.42 Å². The lowest BCUT2D eigenvalue weighted by Gasteiger charge is -2.21. The molecule has 0 unspecified atom stereocenters. The normalized spacial score (nSPS) is 17.3. The van der Waals surface area contributed by atoms with Crippen molar-refractivity contribution in [2.75, 3.05) is 0 Å². The summed E-state index contributed by atoms with van der Waals surface area (Å²) in [7, 11) is 0. The van der Waals surface area contributed by atoms with Crippen molar-refractivity contribution in [1.82, 2.24) is 0 Å². The average molecular weight is 197 g/mol. The van der Waals surface area contributed by atoms with E-state index >= 15 is 0 Å². The lowest BCUT2D eigenvalue weighted by molar-refractivity contribution is 0.443. The largest absolute Gasteiger partial charge is 0.0843 e. The van der Waals surface area contributed by atoms with Crippen LogP contribution >= 0.6 is 0 Å². The van der Waals surface area contributed by atoms with Gasteiger partial charge in [0, 0.05) is 6.42 Å². The summed E-state index contributed by atoms with van der Waals surface area (Å²) in [5, 5.41) is 0. The maximum absolute atomic E-state index is 6.94. The maximum atomic E-state index is 6.94. The van der Waals surface area contributed by atoms with Gasteiger partial charge in [-0.1, -0.05) is 49.4 Å². The van der Waals surface area contributed by atoms with Crippen LogP contribution in [0.4, 0.5) is 0 Å². The molecule has 1 radical (unpaired) electrons. The van der Waals surface area contributed by atoms with Gasteiger partial charge in [0.25, 0.3) is 0 Å². The molecule has 1 aliphatic carbocycles. The molecule has 0 spiro atoms. The second-order valence-corrected chi connectivity index (χ2v) is 4.43. The van der Waals surface area contributed by atoms with E-state index in [1.807, 2.05) is 0 Å². The van der Waals surface area contributed by atoms with E-state index in [1.165, 1.54) is 43.2 Å². The molecule has 0 aromatic heterocycles. The van der Waals surface area contributed by atoms with E-state index in [-0.39, 0.29) is 0 Å². The molecule has 1 aromatic carbocycles. The minimum atomic E-state index is 0.644. The molecule has 0 nitrogen and oxygen atoms in total. The molecular formula is C15H17. The van der Waals surface area contributed by atoms with E-state index < -0.39 is 0 Å². The number of hydrogen-bond donors (Lipinski definition) is 0. The highest BCUT2D eigenvalue weighted by Gasteiger charge is 2.14. The van der Waals surface area contributed by atoms with Crippen LogP contribution in [-0.2, 0) is 6.42 Å². The Kier molecular flexibility index (Phi) is 3.45. The highest BCUT2D eigenvalue weighted by molar-refractivity contribution is 5.27. The molecule has 0 saturated heterocycles. The van der Waals surface area contributed by atoms with Crippen LogP contribution in [-0.4, -0.2) is 0 Å². The topological polar surface area (TPSA) is 0 Å². The molecule has 77 valence electrons. The number of hydrogen-bond acceptors (Lipinski definition) is 0. The molecule has 0 N–H and O–H groups in total. The zero-order chi connectivity index (χ0) is 10.5. The quantitative estimate of drug-likeness (QED) is 0.631. The van der Waals surface area contributed by atoms with Gasteiger partial charge >= 0.3 is 0 Å². The van der Waals surface area contributed by atoms with Crippen LogP contribution in [0, 0.1) is 12.3 Å². The Labute approximate surface area is 92.7 Å². The van der Waals surface area contributed by atoms with Crippen molar-refractivity contribution in [3.63, 3.8) is 0 Å². The van der Waals surface area contributed by atoms with Crippen molar-refractivity contribution in [2.24, 2.45) is 0 Å². The summed E-state index contributed by atoms with van der Waals surface area (Å²) in [6.07, 6.45) is 14.5. The molecule has 0 atom stereocenters. The monoisotopic (exact) mass is 197 g/mol. The Bertz CT molecular complexity index is 333. The zero-order valence-electron chi connectivity index (χ0n) is 9.13. The first kappa shape index (κ1) is 10.3. The highest BCUT2D eigenvalue weighted by Crippen LogP contribution is 2.32. The summed E-state index contributed by atoms with van der Waals surface area (Å²) in [6.45, 7) is 0. The van der Waals surface area contributed by atoms with Crippen LogP contribution in [0.5, 0.6) is 0 Å². The molecule has 0 heterocycles. The summed E-state index contributed by atoms with van der Waals surface area (Å²) >= 11 is 0. The fourth-order valence-electron chi connectivity index (χ4n) is 2.45. The minimum Gasteiger partial charge on any atom is -0.0843 e. The smallest absolute Gasteiger partial charge is 0.0350 e. The first-order valence-electron chi connectivity index (χ1n) is 5.88. The third kappa shape index (κ3) is 2.63. The average Bonchev–Trinajstić information content (AvgIpc) is 2.32. The summed E-state index contributed by atoms with van der Waals surface area (Å²) in [4.78, 5) is 0. The fourth-order valence-corrected chi connectivity index (χ4v) is 2.45. The molecule has 0 bridgehead atoms. The van der Waals surface area contributed by atoms with E-state index in [9.17, 15) is 0 Å². The minimum absolute atomic E-state index is 0.644. The predicted octanol–water partition coefficient (Wildman–Crippen LogP) is 3.87. The molecule has 0 aliphatic heterocycles. The first-order chi connectivity index (χ1) is 7.40. The van der Waals surface area contributed by atoms with Gasteiger partial charge in [0.15, 0.2) is 0 Å². The van der Waals surface area contributed by atoms with Gasteiger partial charge in [0.05, 0.1) is 0 Å². The molecule has 1 saturated carbocycles. The van der Waals surface area contributed by atoms with Crippen molar-refractivity contribution in [3.05, 3.63) is 41.8 Å². The van der Waals surface area contributed by atoms with Gasteiger partial charge in [-0.3, -0.25) is 0 Å². The fraction of sp³-hybridized carbons (Fsp3) is 0.467. The summed E-state index contributed by atoms with van der Waals surface area (Å²) < 4.78 is 0. The number of benzene rings is 1. The zero-order valence-corrected chi connectivity index (χ0v) is 9.13. The van der Waals surface area contributed by atoms with Gasteiger partial charge in [-0.2, -0.15) is 0 Å². The SMILES string of the molecule is [C]#CCc1ccc(C2CCCCC2)cc1. The Hall–Kier alpha value is -1.22. The lowest BCUT2D eigenvalue weighted by atomic mass is 9.84. The lowest BCUT2D eigenvalue weighted by Crippen LogP contribution is -2.04. The van der Waals surface area contributed by atoms with Crippen LogP contribution in [0.1, 0.15) is 49.1 Å². The van der Waals surface area contributed by atoms with Crippen molar-refractivity contribution < 1.29 is 0 Å². The van der Waals surface area contributed by atoms with Crippen molar-refractivity contribution >= 4 is 0 Å². The van der Waals surface area contributed by atoms with Crippen LogP contribution in [0.15, 0.2) is 24.3 Å². The van der Waals surface area contributed by atoms with E-state index in [0.717, 1.165) is 5.92 Å². The van der Waals surface area contributed by atoms with Gasteiger partial charge in [0.2, 0.25) is 0 Å². The Morgan fingerprint density at radius 3 is 2.33 bits per heavy atom. The molecular weight excluding hydrogens is 180 g/mol. The highest BCUT2D eigenvalue weighted by atomic mass is 14.2. The molecule has 0 amide bonds. The Balaban J connectivity index is 2.05. The molecule has 2 rings (SSSR count). The van der Waals surface area contributed by atoms with Crippen LogP contribution in [0.3, 0.4) is 0 Å². The van der Waals surface area contributed by atoms with E-state index in [2.05, 4.69) is 30.2 Å². The van der Waals surface area contributed by atoms with Gasteiger partial charge in [-0.05, 0) is 36.3 Å². The summed E-state index contributed by atoms with van der Waals surface area (Å²) in [5.41, 5.74) is 2.69. The molecule has 1 aromatic rings. The van der Waals surface area contributed by atoms with Crippen molar-refractivity contribution in [3.8, 4) is 5.92 Å². The number of rotatable bonds is 2. The van der Waals surface area contributed by atoms with Gasteiger partial charge in [-0.15, -0.1) is 0 Å². The van der Waals surface area contributed by atoms with Crippen LogP contribution in [0.2, 0.25) is 0 Å². The van der Waals surface area contributed by atoms with Crippen molar-refractivity contribution in [1.29, 1.82) is 0 Å². The summed E-state index contributed by atoms with van der Waals surface area (Å²) in [6, 6.07) is 8.77. The predicted molar refractivity (Wildman–Crippen MR) is 63.1 cm³/mol. The van der Waals surface area contributed by atoms with Crippen LogP contribution < -0.4 is 0 Å². The second kappa shape index (κ2) is 5.03. The molecule has 1 aliphatic rings. The van der Waals surface area contributed by atoms with Gasteiger partial charge < -0.3 is 0 Å². The standard InChI is InChI=1S/C15H17/c1-2-6-13-9-11-15(12-10-13)14-7-4-3-5-8-14/h9-12,14H,3-8H2. The summed E-state index contributed by atoms with van der Waals surface area (Å²) in [5.74, 6) is 3.22. The van der Waals surface area contributed by atoms with E-state index in [0.29, 0.717) is 6.42 Å².